The minimum Gasteiger partial charge on any atom is -0.414 e. The van der Waals surface area contributed by atoms with E-state index in [-0.39, 0.29) is 5.04 Å². The molecule has 116 valence electrons. The van der Waals surface area contributed by atoms with Gasteiger partial charge >= 0.3 is 0 Å². The van der Waals surface area contributed by atoms with E-state index in [0.29, 0.717) is 11.1 Å². The highest BCUT2D eigenvalue weighted by Crippen LogP contribution is 2.54. The smallest absolute Gasteiger partial charge is 0.218 e. The van der Waals surface area contributed by atoms with Crippen LogP contribution in [0.4, 0.5) is 0 Å². The molecule has 0 saturated heterocycles. The molecule has 0 heterocycles. The fourth-order valence-corrected chi connectivity index (χ4v) is 9.15. The van der Waals surface area contributed by atoms with Crippen LogP contribution in [0.25, 0.3) is 0 Å². The third kappa shape index (κ3) is 3.32. The lowest BCUT2D eigenvalue weighted by Crippen LogP contribution is -2.54. The summed E-state index contributed by atoms with van der Waals surface area (Å²) in [5.74, 6) is 0. The molecule has 0 atom stereocenters. The Bertz CT molecular complexity index is 397. The van der Waals surface area contributed by atoms with E-state index < -0.39 is 8.32 Å². The van der Waals surface area contributed by atoms with Crippen molar-refractivity contribution in [2.24, 2.45) is 0 Å². The van der Waals surface area contributed by atoms with Crippen molar-refractivity contribution in [1.29, 1.82) is 0 Å². The third-order valence-corrected chi connectivity index (χ3v) is 10.4. The van der Waals surface area contributed by atoms with Crippen LogP contribution in [0.15, 0.2) is 48.6 Å². The van der Waals surface area contributed by atoms with E-state index in [1.807, 2.05) is 0 Å². The van der Waals surface area contributed by atoms with Crippen molar-refractivity contribution in [1.82, 2.24) is 0 Å². The maximum atomic E-state index is 6.76. The first-order valence-electron chi connectivity index (χ1n) is 8.33. The van der Waals surface area contributed by atoms with Crippen molar-refractivity contribution in [3.05, 3.63) is 48.6 Å². The van der Waals surface area contributed by atoms with Gasteiger partial charge < -0.3 is 4.43 Å². The predicted molar refractivity (Wildman–Crippen MR) is 95.0 cm³/mol. The normalized spacial score (nSPS) is 20.4. The summed E-state index contributed by atoms with van der Waals surface area (Å²) in [7, 11) is -2.06. The first-order valence-corrected chi connectivity index (χ1v) is 10.4. The van der Waals surface area contributed by atoms with Crippen molar-refractivity contribution in [3.8, 4) is 0 Å². The number of hydrogen-bond acceptors (Lipinski definition) is 1. The molecule has 21 heavy (non-hydrogen) atoms. The molecule has 2 heteroatoms. The molecule has 0 aromatic carbocycles. The molecule has 0 bridgehead atoms. The van der Waals surface area contributed by atoms with Gasteiger partial charge in [-0.1, -0.05) is 76.3 Å². The quantitative estimate of drug-likeness (QED) is 0.451. The molecule has 2 aliphatic carbocycles. The van der Waals surface area contributed by atoms with Gasteiger partial charge in [-0.3, -0.25) is 0 Å². The van der Waals surface area contributed by atoms with Crippen LogP contribution in [0.5, 0.6) is 0 Å². The second kappa shape index (κ2) is 6.93. The molecular weight excluding hydrogens is 272 g/mol. The number of hydrogen-bond donors (Lipinski definition) is 0. The largest absolute Gasteiger partial charge is 0.414 e. The highest BCUT2D eigenvalue weighted by Gasteiger charge is 2.55. The van der Waals surface area contributed by atoms with Gasteiger partial charge in [0.1, 0.15) is 0 Å². The Morgan fingerprint density at radius 3 is 1.67 bits per heavy atom. The zero-order chi connectivity index (χ0) is 15.3. The summed E-state index contributed by atoms with van der Waals surface area (Å²) in [6.45, 7) is 10.2. The summed E-state index contributed by atoms with van der Waals surface area (Å²) in [6, 6.07) is 0. The van der Waals surface area contributed by atoms with Crippen LogP contribution in [0.1, 0.15) is 47.0 Å². The van der Waals surface area contributed by atoms with Crippen LogP contribution >= 0.6 is 0 Å². The molecule has 0 radical (unpaired) electrons. The first-order chi connectivity index (χ1) is 10.0. The Morgan fingerprint density at radius 1 is 0.905 bits per heavy atom. The summed E-state index contributed by atoms with van der Waals surface area (Å²) in [5.41, 5.74) is 0.936. The summed E-state index contributed by atoms with van der Waals surface area (Å²) in [4.78, 5) is 0. The minimum atomic E-state index is -2.06. The lowest BCUT2D eigenvalue weighted by atomic mass is 10.2. The Kier molecular flexibility index (Phi) is 5.45. The molecule has 1 nitrogen and oxygen atoms in total. The van der Waals surface area contributed by atoms with E-state index in [4.69, 9.17) is 4.43 Å². The van der Waals surface area contributed by atoms with Crippen LogP contribution in [0, 0.1) is 0 Å². The molecule has 0 amide bonds. The van der Waals surface area contributed by atoms with Gasteiger partial charge in [-0.2, -0.15) is 0 Å². The van der Waals surface area contributed by atoms with Gasteiger partial charge in [0.05, 0.1) is 0 Å². The molecule has 0 N–H and O–H groups in total. The maximum Gasteiger partial charge on any atom is 0.218 e. The topological polar surface area (TPSA) is 9.23 Å². The van der Waals surface area contributed by atoms with Crippen molar-refractivity contribution in [3.63, 3.8) is 0 Å². The minimum absolute atomic E-state index is 0.190. The summed E-state index contributed by atoms with van der Waals surface area (Å²) < 4.78 is 6.76. The second-order valence-electron chi connectivity index (χ2n) is 7.13. The molecule has 0 saturated carbocycles. The van der Waals surface area contributed by atoms with Crippen molar-refractivity contribution >= 4 is 8.32 Å². The van der Waals surface area contributed by atoms with Crippen LogP contribution in [-0.4, -0.2) is 14.9 Å². The van der Waals surface area contributed by atoms with Crippen LogP contribution in [-0.2, 0) is 4.43 Å². The van der Waals surface area contributed by atoms with Gasteiger partial charge in [0.15, 0.2) is 0 Å². The van der Waals surface area contributed by atoms with Gasteiger partial charge in [-0.25, -0.2) is 0 Å². The molecule has 0 aromatic heterocycles. The monoisotopic (exact) mass is 302 g/mol. The summed E-state index contributed by atoms with van der Waals surface area (Å²) in [6.07, 6.45) is 22.1. The Balaban J connectivity index is 2.46. The van der Waals surface area contributed by atoms with E-state index >= 15 is 0 Å². The molecule has 0 fully saturated rings. The zero-order valence-corrected chi connectivity index (χ0v) is 15.0. The predicted octanol–water partition coefficient (Wildman–Crippen LogP) is 5.93. The number of rotatable bonds is 5. The molecule has 0 aromatic rings. The molecule has 0 aliphatic heterocycles. The van der Waals surface area contributed by atoms with Crippen molar-refractivity contribution < 1.29 is 4.43 Å². The van der Waals surface area contributed by atoms with E-state index in [9.17, 15) is 0 Å². The first kappa shape index (κ1) is 16.5. The fraction of sp³-hybridized carbons (Fsp3) is 0.579. The van der Waals surface area contributed by atoms with E-state index in [2.05, 4.69) is 76.3 Å². The molecular formula is C19H30OSi. The highest BCUT2D eigenvalue weighted by atomic mass is 28.4. The fourth-order valence-electron chi connectivity index (χ4n) is 3.66. The Morgan fingerprint density at radius 2 is 1.33 bits per heavy atom. The summed E-state index contributed by atoms with van der Waals surface area (Å²) >= 11 is 0. The average Bonchev–Trinajstić information content (AvgIpc) is 2.49. The van der Waals surface area contributed by atoms with Crippen LogP contribution < -0.4 is 0 Å². The molecule has 2 aliphatic rings. The Labute approximate surface area is 131 Å². The average molecular weight is 303 g/mol. The summed E-state index contributed by atoms with van der Waals surface area (Å²) in [5, 5.41) is 0.190. The molecule has 0 unspecified atom stereocenters. The highest BCUT2D eigenvalue weighted by molar-refractivity contribution is 6.81. The maximum absolute atomic E-state index is 6.76. The third-order valence-electron chi connectivity index (χ3n) is 4.63. The van der Waals surface area contributed by atoms with Gasteiger partial charge in [0, 0.05) is 17.7 Å². The lowest BCUT2D eigenvalue weighted by Gasteiger charge is -2.49. The van der Waals surface area contributed by atoms with E-state index in [1.165, 1.54) is 0 Å². The second-order valence-corrected chi connectivity index (χ2v) is 11.8. The zero-order valence-electron chi connectivity index (χ0n) is 14.0. The van der Waals surface area contributed by atoms with Gasteiger partial charge in [-0.05, 0) is 24.3 Å². The van der Waals surface area contributed by atoms with Crippen molar-refractivity contribution in [2.45, 2.75) is 63.1 Å². The number of allylic oxidation sites excluding steroid dienone is 8. The van der Waals surface area contributed by atoms with E-state index in [0.717, 1.165) is 25.9 Å². The molecule has 0 spiro atoms. The van der Waals surface area contributed by atoms with Crippen LogP contribution in [0.2, 0.25) is 16.1 Å². The molecule has 2 rings (SSSR count). The van der Waals surface area contributed by atoms with Crippen molar-refractivity contribution in [2.75, 3.05) is 6.61 Å². The lowest BCUT2D eigenvalue weighted by molar-refractivity contribution is 0.272. The van der Waals surface area contributed by atoms with Crippen LogP contribution in [0.3, 0.4) is 0 Å². The van der Waals surface area contributed by atoms with Gasteiger partial charge in [0.25, 0.3) is 0 Å². The van der Waals surface area contributed by atoms with E-state index in [1.54, 1.807) is 0 Å². The van der Waals surface area contributed by atoms with Gasteiger partial charge in [-0.15, -0.1) is 0 Å². The standard InChI is InChI=1S/C19H30OSi/c1-5-16-20-21(19(2,3)4,17-12-8-6-9-13-17)18-14-10-7-11-15-18/h8-15,17-18H,5-7,16H2,1-4H3. The SMILES string of the molecule is CCCO[Si](C1C=CCC=C1)(C1C=CCC=C1)C(C)(C)C. The van der Waals surface area contributed by atoms with Gasteiger partial charge in [0.2, 0.25) is 8.32 Å². The Hall–Kier alpha value is -0.863.